The van der Waals surface area contributed by atoms with Crippen LogP contribution in [0.2, 0.25) is 0 Å². The summed E-state index contributed by atoms with van der Waals surface area (Å²) >= 11 is 0. The first kappa shape index (κ1) is 17.7. The third-order valence-electron chi connectivity index (χ3n) is 5.59. The van der Waals surface area contributed by atoms with Crippen LogP contribution in [0.3, 0.4) is 0 Å². The number of carboxylic acids is 1. The minimum atomic E-state index is -0.859. The molecule has 1 aromatic heterocycles. The minimum absolute atomic E-state index is 0.0587. The van der Waals surface area contributed by atoms with Crippen LogP contribution in [-0.4, -0.2) is 64.0 Å². The molecule has 0 saturated carbocycles. The number of rotatable bonds is 5. The van der Waals surface area contributed by atoms with Crippen molar-refractivity contribution < 1.29 is 19.4 Å². The summed E-state index contributed by atoms with van der Waals surface area (Å²) in [6, 6.07) is 3.88. The Morgan fingerprint density at radius 3 is 2.68 bits per heavy atom. The molecule has 2 aliphatic rings. The number of amides is 1. The zero-order valence-corrected chi connectivity index (χ0v) is 14.8. The minimum Gasteiger partial charge on any atom is -0.481 e. The van der Waals surface area contributed by atoms with Crippen LogP contribution in [0.15, 0.2) is 18.3 Å². The van der Waals surface area contributed by atoms with Crippen molar-refractivity contribution in [3.8, 4) is 5.88 Å². The van der Waals surface area contributed by atoms with Gasteiger partial charge >= 0.3 is 5.97 Å². The van der Waals surface area contributed by atoms with E-state index in [1.807, 2.05) is 25.3 Å². The molecule has 1 atom stereocenters. The van der Waals surface area contributed by atoms with E-state index in [4.69, 9.17) is 4.74 Å². The smallest absolute Gasteiger partial charge is 0.309 e. The topological polar surface area (TPSA) is 83.0 Å². The molecule has 0 radical (unpaired) electrons. The molecule has 7 heteroatoms. The Morgan fingerprint density at radius 1 is 1.40 bits per heavy atom. The normalized spacial score (nSPS) is 23.2. The molecule has 0 bridgehead atoms. The van der Waals surface area contributed by atoms with Crippen molar-refractivity contribution in [2.24, 2.45) is 5.92 Å². The van der Waals surface area contributed by atoms with Gasteiger partial charge in [-0.05, 0) is 25.3 Å². The zero-order chi connectivity index (χ0) is 18.0. The van der Waals surface area contributed by atoms with Crippen LogP contribution in [0.4, 0.5) is 0 Å². The van der Waals surface area contributed by atoms with Gasteiger partial charge in [-0.15, -0.1) is 0 Å². The molecular formula is C18H25N3O4. The SMILES string of the molecule is CCOc1ccc(CN2CCC3(CC2)[C@H](C(=O)O)CC(=O)N3C)cn1. The largest absolute Gasteiger partial charge is 0.481 e. The highest BCUT2D eigenvalue weighted by atomic mass is 16.5. The predicted molar refractivity (Wildman–Crippen MR) is 91.2 cm³/mol. The molecule has 2 aliphatic heterocycles. The summed E-state index contributed by atoms with van der Waals surface area (Å²) in [5, 5.41) is 9.52. The van der Waals surface area contributed by atoms with E-state index in [2.05, 4.69) is 9.88 Å². The van der Waals surface area contributed by atoms with Crippen LogP contribution in [0, 0.1) is 5.92 Å². The molecule has 0 aromatic carbocycles. The number of likely N-dealkylation sites (tertiary alicyclic amines) is 2. The van der Waals surface area contributed by atoms with Crippen molar-refractivity contribution in [2.45, 2.75) is 38.3 Å². The number of nitrogens with zero attached hydrogens (tertiary/aromatic N) is 3. The first-order valence-electron chi connectivity index (χ1n) is 8.76. The van der Waals surface area contributed by atoms with Gasteiger partial charge in [0.25, 0.3) is 0 Å². The second-order valence-corrected chi connectivity index (χ2v) is 6.87. The van der Waals surface area contributed by atoms with Gasteiger partial charge in [0.1, 0.15) is 0 Å². The van der Waals surface area contributed by atoms with Gasteiger partial charge in [0.15, 0.2) is 0 Å². The van der Waals surface area contributed by atoms with Crippen LogP contribution in [0.1, 0.15) is 31.7 Å². The van der Waals surface area contributed by atoms with Crippen LogP contribution in [0.25, 0.3) is 0 Å². The second kappa shape index (κ2) is 7.00. The molecule has 1 aromatic rings. The van der Waals surface area contributed by atoms with Crippen LogP contribution >= 0.6 is 0 Å². The number of aromatic nitrogens is 1. The molecule has 1 amide bonds. The van der Waals surface area contributed by atoms with E-state index in [1.165, 1.54) is 0 Å². The summed E-state index contributed by atoms with van der Waals surface area (Å²) in [6.45, 7) is 4.83. The molecular weight excluding hydrogens is 322 g/mol. The summed E-state index contributed by atoms with van der Waals surface area (Å²) in [5.41, 5.74) is 0.571. The fraction of sp³-hybridized carbons (Fsp3) is 0.611. The number of aliphatic carboxylic acids is 1. The lowest BCUT2D eigenvalue weighted by Crippen LogP contribution is -2.55. The maximum Gasteiger partial charge on any atom is 0.309 e. The summed E-state index contributed by atoms with van der Waals surface area (Å²) in [7, 11) is 1.75. The lowest BCUT2D eigenvalue weighted by Gasteiger charge is -2.45. The Hall–Kier alpha value is -2.15. The summed E-state index contributed by atoms with van der Waals surface area (Å²) in [6.07, 6.45) is 3.32. The number of carbonyl (C=O) groups excluding carboxylic acids is 1. The quantitative estimate of drug-likeness (QED) is 0.866. The molecule has 3 rings (SSSR count). The zero-order valence-electron chi connectivity index (χ0n) is 14.8. The van der Waals surface area contributed by atoms with E-state index in [1.54, 1.807) is 11.9 Å². The highest BCUT2D eigenvalue weighted by Gasteiger charge is 2.55. The van der Waals surface area contributed by atoms with Crippen molar-refractivity contribution in [1.29, 1.82) is 0 Å². The fourth-order valence-corrected chi connectivity index (χ4v) is 4.08. The van der Waals surface area contributed by atoms with Gasteiger partial charge in [0.2, 0.25) is 11.8 Å². The Morgan fingerprint density at radius 2 is 2.12 bits per heavy atom. The van der Waals surface area contributed by atoms with Crippen molar-refractivity contribution in [2.75, 3.05) is 26.7 Å². The molecule has 2 saturated heterocycles. The molecule has 136 valence electrons. The Kier molecular flexibility index (Phi) is 4.94. The first-order chi connectivity index (χ1) is 12.0. The Bertz CT molecular complexity index is 638. The number of hydrogen-bond donors (Lipinski definition) is 1. The van der Waals surface area contributed by atoms with Gasteiger partial charge in [0, 0.05) is 45.4 Å². The standard InChI is InChI=1S/C18H25N3O4/c1-3-25-15-5-4-13(11-19-15)12-21-8-6-18(7-9-21)14(17(23)24)10-16(22)20(18)2/h4-5,11,14H,3,6-10,12H2,1-2H3,(H,23,24)/t14-/m0/s1. The summed E-state index contributed by atoms with van der Waals surface area (Å²) in [4.78, 5) is 31.9. The maximum atomic E-state index is 12.0. The number of carboxylic acid groups (broad SMARTS) is 1. The molecule has 7 nitrogen and oxygen atoms in total. The Labute approximate surface area is 147 Å². The highest BCUT2D eigenvalue weighted by Crippen LogP contribution is 2.42. The number of piperidine rings is 1. The molecule has 0 unspecified atom stereocenters. The van der Waals surface area contributed by atoms with Gasteiger partial charge in [-0.1, -0.05) is 6.07 Å². The molecule has 3 heterocycles. The monoisotopic (exact) mass is 347 g/mol. The third-order valence-corrected chi connectivity index (χ3v) is 5.59. The van der Waals surface area contributed by atoms with E-state index in [0.717, 1.165) is 25.2 Å². The van der Waals surface area contributed by atoms with E-state index >= 15 is 0 Å². The number of pyridine rings is 1. The second-order valence-electron chi connectivity index (χ2n) is 6.87. The van der Waals surface area contributed by atoms with Gasteiger partial charge in [-0.3, -0.25) is 14.5 Å². The van der Waals surface area contributed by atoms with Crippen LogP contribution < -0.4 is 4.74 Å². The van der Waals surface area contributed by atoms with E-state index in [0.29, 0.717) is 25.3 Å². The van der Waals surface area contributed by atoms with Crippen molar-refractivity contribution >= 4 is 11.9 Å². The maximum absolute atomic E-state index is 12.0. The van der Waals surface area contributed by atoms with Crippen molar-refractivity contribution in [1.82, 2.24) is 14.8 Å². The van der Waals surface area contributed by atoms with E-state index in [-0.39, 0.29) is 12.3 Å². The van der Waals surface area contributed by atoms with Gasteiger partial charge < -0.3 is 14.7 Å². The number of hydrogen-bond acceptors (Lipinski definition) is 5. The molecule has 2 fully saturated rings. The van der Waals surface area contributed by atoms with E-state index in [9.17, 15) is 14.7 Å². The number of carbonyl (C=O) groups is 2. The first-order valence-corrected chi connectivity index (χ1v) is 8.76. The average Bonchev–Trinajstić information content (AvgIpc) is 2.84. The average molecular weight is 347 g/mol. The van der Waals surface area contributed by atoms with Crippen molar-refractivity contribution in [3.63, 3.8) is 0 Å². The molecule has 25 heavy (non-hydrogen) atoms. The van der Waals surface area contributed by atoms with E-state index < -0.39 is 17.4 Å². The predicted octanol–water partition coefficient (Wildman–Crippen LogP) is 1.38. The van der Waals surface area contributed by atoms with Gasteiger partial charge in [-0.2, -0.15) is 0 Å². The van der Waals surface area contributed by atoms with Crippen molar-refractivity contribution in [3.05, 3.63) is 23.9 Å². The third kappa shape index (κ3) is 3.33. The molecule has 0 aliphatic carbocycles. The highest BCUT2D eigenvalue weighted by molar-refractivity contribution is 5.88. The van der Waals surface area contributed by atoms with Gasteiger partial charge in [0.05, 0.1) is 18.1 Å². The molecule has 1 N–H and O–H groups in total. The fourth-order valence-electron chi connectivity index (χ4n) is 4.08. The van der Waals surface area contributed by atoms with Gasteiger partial charge in [-0.25, -0.2) is 4.98 Å². The summed E-state index contributed by atoms with van der Waals surface area (Å²) < 4.78 is 5.35. The van der Waals surface area contributed by atoms with Crippen LogP contribution in [-0.2, 0) is 16.1 Å². The van der Waals surface area contributed by atoms with Crippen LogP contribution in [0.5, 0.6) is 5.88 Å². The lowest BCUT2D eigenvalue weighted by molar-refractivity contribution is -0.146. The number of ether oxygens (including phenoxy) is 1. The lowest BCUT2D eigenvalue weighted by atomic mass is 9.77. The molecule has 1 spiro atoms. The Balaban J connectivity index is 1.63. The summed E-state index contributed by atoms with van der Waals surface area (Å²) in [5.74, 6) is -0.892.